The summed E-state index contributed by atoms with van der Waals surface area (Å²) in [7, 11) is 1.59. The number of benzene rings is 1. The zero-order valence-electron chi connectivity index (χ0n) is 16.1. The normalized spacial score (nSPS) is 11.7. The molecule has 7 nitrogen and oxygen atoms in total. The van der Waals surface area contributed by atoms with Gasteiger partial charge < -0.3 is 20.1 Å². The third-order valence-corrected chi connectivity index (χ3v) is 3.92. The molecule has 0 aliphatic heterocycles. The fourth-order valence-electron chi connectivity index (χ4n) is 2.68. The van der Waals surface area contributed by atoms with E-state index in [2.05, 4.69) is 22.7 Å². The van der Waals surface area contributed by atoms with Crippen molar-refractivity contribution in [1.29, 1.82) is 0 Å². The lowest BCUT2D eigenvalue weighted by Gasteiger charge is -2.15. The summed E-state index contributed by atoms with van der Waals surface area (Å²) in [6.07, 6.45) is 0. The zero-order valence-corrected chi connectivity index (χ0v) is 16.1. The minimum Gasteiger partial charge on any atom is -0.493 e. The molecule has 0 saturated heterocycles. The first kappa shape index (κ1) is 19.6. The predicted octanol–water partition coefficient (Wildman–Crippen LogP) is 3.37. The molecule has 2 amide bonds. The quantitative estimate of drug-likeness (QED) is 0.757. The average Bonchev–Trinajstić information content (AvgIpc) is 2.91. The molecule has 0 spiro atoms. The SMILES string of the molecule is CCOc1cc(NC(=O)NCC(C)Cn2nc(C)cc2C)ccc1OC. The Bertz CT molecular complexity index is 742. The van der Waals surface area contributed by atoms with Crippen molar-refractivity contribution >= 4 is 11.7 Å². The number of aromatic nitrogens is 2. The van der Waals surface area contributed by atoms with Gasteiger partial charge in [-0.1, -0.05) is 6.92 Å². The number of hydrogen-bond acceptors (Lipinski definition) is 4. The standard InChI is InChI=1S/C19H28N4O3/c1-6-26-18-10-16(7-8-17(18)25-5)21-19(24)20-11-13(2)12-23-15(4)9-14(3)22-23/h7-10,13H,6,11-12H2,1-5H3,(H2,20,21,24). The molecule has 142 valence electrons. The maximum Gasteiger partial charge on any atom is 0.319 e. The molecule has 1 aromatic heterocycles. The van der Waals surface area contributed by atoms with Gasteiger partial charge in [0.15, 0.2) is 11.5 Å². The fourth-order valence-corrected chi connectivity index (χ4v) is 2.68. The van der Waals surface area contributed by atoms with Gasteiger partial charge in [-0.15, -0.1) is 0 Å². The lowest BCUT2D eigenvalue weighted by molar-refractivity contribution is 0.249. The van der Waals surface area contributed by atoms with E-state index in [4.69, 9.17) is 9.47 Å². The van der Waals surface area contributed by atoms with E-state index in [9.17, 15) is 4.79 Å². The van der Waals surface area contributed by atoms with Crippen LogP contribution < -0.4 is 20.1 Å². The van der Waals surface area contributed by atoms with Crippen molar-refractivity contribution in [3.05, 3.63) is 35.7 Å². The van der Waals surface area contributed by atoms with Crippen molar-refractivity contribution in [2.24, 2.45) is 5.92 Å². The Morgan fingerprint density at radius 3 is 2.65 bits per heavy atom. The van der Waals surface area contributed by atoms with Crippen LogP contribution in [-0.4, -0.2) is 36.1 Å². The van der Waals surface area contributed by atoms with Crippen molar-refractivity contribution in [2.75, 3.05) is 25.6 Å². The Kier molecular flexibility index (Phi) is 6.89. The van der Waals surface area contributed by atoms with Gasteiger partial charge in [0.1, 0.15) is 0 Å². The Balaban J connectivity index is 1.86. The van der Waals surface area contributed by atoms with Gasteiger partial charge in [0, 0.05) is 30.5 Å². The largest absolute Gasteiger partial charge is 0.493 e. The number of hydrogen-bond donors (Lipinski definition) is 2. The molecule has 0 saturated carbocycles. The van der Waals surface area contributed by atoms with Gasteiger partial charge >= 0.3 is 6.03 Å². The molecule has 1 aromatic carbocycles. The first-order chi connectivity index (χ1) is 12.4. The van der Waals surface area contributed by atoms with Gasteiger partial charge in [-0.25, -0.2) is 4.79 Å². The summed E-state index contributed by atoms with van der Waals surface area (Å²) in [5.74, 6) is 1.50. The lowest BCUT2D eigenvalue weighted by Crippen LogP contribution is -2.33. The van der Waals surface area contributed by atoms with Crippen LogP contribution >= 0.6 is 0 Å². The number of methoxy groups -OCH3 is 1. The maximum absolute atomic E-state index is 12.1. The number of aryl methyl sites for hydroxylation is 2. The highest BCUT2D eigenvalue weighted by Crippen LogP contribution is 2.30. The number of carbonyl (C=O) groups is 1. The number of nitrogens with zero attached hydrogens (tertiary/aromatic N) is 2. The highest BCUT2D eigenvalue weighted by atomic mass is 16.5. The van der Waals surface area contributed by atoms with Crippen LogP contribution in [0.5, 0.6) is 11.5 Å². The number of nitrogens with one attached hydrogen (secondary N) is 2. The molecule has 7 heteroatoms. The van der Waals surface area contributed by atoms with E-state index in [1.165, 1.54) is 0 Å². The molecular formula is C19H28N4O3. The van der Waals surface area contributed by atoms with E-state index in [1.54, 1.807) is 25.3 Å². The Morgan fingerprint density at radius 2 is 2.04 bits per heavy atom. The third-order valence-electron chi connectivity index (χ3n) is 3.92. The van der Waals surface area contributed by atoms with E-state index in [-0.39, 0.29) is 11.9 Å². The summed E-state index contributed by atoms with van der Waals surface area (Å²) < 4.78 is 12.7. The second kappa shape index (κ2) is 9.12. The summed E-state index contributed by atoms with van der Waals surface area (Å²) >= 11 is 0. The fraction of sp³-hybridized carbons (Fsp3) is 0.474. The van der Waals surface area contributed by atoms with Crippen LogP contribution in [-0.2, 0) is 6.54 Å². The molecule has 2 aromatic rings. The first-order valence-corrected chi connectivity index (χ1v) is 8.79. The van der Waals surface area contributed by atoms with Crippen LogP contribution in [0.3, 0.4) is 0 Å². The molecule has 26 heavy (non-hydrogen) atoms. The van der Waals surface area contributed by atoms with E-state index in [0.717, 1.165) is 17.9 Å². The van der Waals surface area contributed by atoms with Gasteiger partial charge in [-0.3, -0.25) is 4.68 Å². The van der Waals surface area contributed by atoms with Crippen LogP contribution in [0.2, 0.25) is 0 Å². The van der Waals surface area contributed by atoms with Crippen LogP contribution in [0.4, 0.5) is 10.5 Å². The first-order valence-electron chi connectivity index (χ1n) is 8.79. The number of rotatable bonds is 8. The van der Waals surface area contributed by atoms with Gasteiger partial charge in [-0.2, -0.15) is 5.10 Å². The van der Waals surface area contributed by atoms with E-state index in [1.807, 2.05) is 31.5 Å². The van der Waals surface area contributed by atoms with Gasteiger partial charge in [0.2, 0.25) is 0 Å². The van der Waals surface area contributed by atoms with Crippen molar-refractivity contribution in [1.82, 2.24) is 15.1 Å². The van der Waals surface area contributed by atoms with Crippen molar-refractivity contribution in [3.63, 3.8) is 0 Å². The van der Waals surface area contributed by atoms with Crippen molar-refractivity contribution < 1.29 is 14.3 Å². The van der Waals surface area contributed by atoms with E-state index in [0.29, 0.717) is 30.3 Å². The number of urea groups is 1. The molecule has 0 aliphatic carbocycles. The van der Waals surface area contributed by atoms with Crippen LogP contribution in [0.15, 0.2) is 24.3 Å². The zero-order chi connectivity index (χ0) is 19.1. The van der Waals surface area contributed by atoms with Crippen molar-refractivity contribution in [3.8, 4) is 11.5 Å². The Hall–Kier alpha value is -2.70. The highest BCUT2D eigenvalue weighted by molar-refractivity contribution is 5.89. The molecule has 0 fully saturated rings. The van der Waals surface area contributed by atoms with Gasteiger partial charge in [-0.05, 0) is 44.9 Å². The maximum atomic E-state index is 12.1. The van der Waals surface area contributed by atoms with Crippen LogP contribution in [0.1, 0.15) is 25.2 Å². The van der Waals surface area contributed by atoms with Gasteiger partial charge in [0.05, 0.1) is 19.4 Å². The monoisotopic (exact) mass is 360 g/mol. The molecule has 1 heterocycles. The number of anilines is 1. The molecular weight excluding hydrogens is 332 g/mol. The topological polar surface area (TPSA) is 77.4 Å². The summed E-state index contributed by atoms with van der Waals surface area (Å²) in [6, 6.07) is 7.10. The number of carbonyl (C=O) groups excluding carboxylic acids is 1. The minimum atomic E-state index is -0.252. The highest BCUT2D eigenvalue weighted by Gasteiger charge is 2.11. The molecule has 1 atom stereocenters. The molecule has 2 rings (SSSR count). The molecule has 0 aliphatic rings. The summed E-state index contributed by atoms with van der Waals surface area (Å²) in [5, 5.41) is 10.2. The molecule has 0 radical (unpaired) electrons. The smallest absolute Gasteiger partial charge is 0.319 e. The van der Waals surface area contributed by atoms with E-state index >= 15 is 0 Å². The third kappa shape index (κ3) is 5.40. The van der Waals surface area contributed by atoms with Gasteiger partial charge in [0.25, 0.3) is 0 Å². The predicted molar refractivity (Wildman–Crippen MR) is 102 cm³/mol. The summed E-state index contributed by atoms with van der Waals surface area (Å²) in [6.45, 7) is 9.83. The molecule has 0 bridgehead atoms. The van der Waals surface area contributed by atoms with E-state index < -0.39 is 0 Å². The molecule has 1 unspecified atom stereocenters. The number of ether oxygens (including phenoxy) is 2. The Labute approximate surface area is 154 Å². The summed E-state index contributed by atoms with van der Waals surface area (Å²) in [5.41, 5.74) is 2.78. The lowest BCUT2D eigenvalue weighted by atomic mass is 10.2. The number of amides is 2. The second-order valence-electron chi connectivity index (χ2n) is 6.35. The Morgan fingerprint density at radius 1 is 1.27 bits per heavy atom. The van der Waals surface area contributed by atoms with Crippen LogP contribution in [0.25, 0.3) is 0 Å². The molecule has 2 N–H and O–H groups in total. The second-order valence-corrected chi connectivity index (χ2v) is 6.35. The summed E-state index contributed by atoms with van der Waals surface area (Å²) in [4.78, 5) is 12.1. The van der Waals surface area contributed by atoms with Crippen LogP contribution in [0, 0.1) is 19.8 Å². The minimum absolute atomic E-state index is 0.252. The van der Waals surface area contributed by atoms with Crippen molar-refractivity contribution in [2.45, 2.75) is 34.2 Å². The average molecular weight is 360 g/mol.